The second kappa shape index (κ2) is 8.12. The Morgan fingerprint density at radius 1 is 1.37 bits per heavy atom. The van der Waals surface area contributed by atoms with E-state index in [0.717, 1.165) is 36.5 Å². The third-order valence-corrected chi connectivity index (χ3v) is 3.48. The van der Waals surface area contributed by atoms with Crippen LogP contribution in [-0.2, 0) is 17.7 Å². The number of nitrogens with two attached hydrogens (primary N) is 1. The van der Waals surface area contributed by atoms with Gasteiger partial charge in [-0.2, -0.15) is 0 Å². The number of pyridine rings is 1. The largest absolute Gasteiger partial charge is 0.383 e. The Hall–Kier alpha value is -1.13. The van der Waals surface area contributed by atoms with Gasteiger partial charge in [0.05, 0.1) is 6.61 Å². The Morgan fingerprint density at radius 3 is 2.63 bits per heavy atom. The van der Waals surface area contributed by atoms with E-state index in [-0.39, 0.29) is 0 Å². The van der Waals surface area contributed by atoms with Crippen LogP contribution in [0.1, 0.15) is 38.4 Å². The zero-order chi connectivity index (χ0) is 14.3. The molecule has 1 aromatic heterocycles. The van der Waals surface area contributed by atoms with E-state index in [1.165, 1.54) is 0 Å². The van der Waals surface area contributed by atoms with E-state index in [0.29, 0.717) is 19.2 Å². The highest BCUT2D eigenvalue weighted by Crippen LogP contribution is 2.19. The third-order valence-electron chi connectivity index (χ3n) is 3.48. The van der Waals surface area contributed by atoms with Crippen molar-refractivity contribution in [2.24, 2.45) is 5.73 Å². The number of hydrogen-bond acceptors (Lipinski definition) is 4. The van der Waals surface area contributed by atoms with Gasteiger partial charge in [0, 0.05) is 31.9 Å². The van der Waals surface area contributed by atoms with Crippen LogP contribution in [0.5, 0.6) is 0 Å². The maximum Gasteiger partial charge on any atom is 0.129 e. The topological polar surface area (TPSA) is 51.4 Å². The molecule has 0 fully saturated rings. The van der Waals surface area contributed by atoms with E-state index in [4.69, 9.17) is 15.5 Å². The average molecular weight is 265 g/mol. The highest BCUT2D eigenvalue weighted by atomic mass is 16.5. The van der Waals surface area contributed by atoms with Gasteiger partial charge in [-0.1, -0.05) is 13.8 Å². The number of aromatic nitrogens is 1. The summed E-state index contributed by atoms with van der Waals surface area (Å²) in [6.45, 7) is 8.66. The van der Waals surface area contributed by atoms with Crippen molar-refractivity contribution < 1.29 is 4.74 Å². The van der Waals surface area contributed by atoms with Crippen LogP contribution in [0.3, 0.4) is 0 Å². The van der Waals surface area contributed by atoms with Crippen LogP contribution in [0.25, 0.3) is 0 Å². The molecule has 4 heteroatoms. The Bertz CT molecular complexity index is 359. The van der Waals surface area contributed by atoms with E-state index in [1.807, 2.05) is 0 Å². The van der Waals surface area contributed by atoms with Gasteiger partial charge in [0.2, 0.25) is 0 Å². The fourth-order valence-electron chi connectivity index (χ4n) is 2.05. The van der Waals surface area contributed by atoms with Crippen LogP contribution in [0.4, 0.5) is 5.82 Å². The average Bonchev–Trinajstić information content (AvgIpc) is 2.46. The maximum atomic E-state index is 5.78. The van der Waals surface area contributed by atoms with Crippen molar-refractivity contribution in [2.75, 3.05) is 25.2 Å². The summed E-state index contributed by atoms with van der Waals surface area (Å²) < 4.78 is 5.21. The SMILES string of the molecule is CCc1cc(CN)cc(N(CCOC)C(C)CC)n1. The molecule has 1 unspecified atom stereocenters. The quantitative estimate of drug-likeness (QED) is 0.784. The van der Waals surface area contributed by atoms with Crippen molar-refractivity contribution >= 4 is 5.82 Å². The first-order valence-corrected chi connectivity index (χ1v) is 7.11. The summed E-state index contributed by atoms with van der Waals surface area (Å²) in [6.07, 6.45) is 2.01. The standard InChI is InChI=1S/C15H27N3O/c1-5-12(3)18(7-8-19-4)15-10-13(11-16)9-14(6-2)17-15/h9-10,12H,5-8,11,16H2,1-4H3. The van der Waals surface area contributed by atoms with Gasteiger partial charge in [-0.15, -0.1) is 0 Å². The molecule has 2 N–H and O–H groups in total. The number of aryl methyl sites for hydroxylation is 1. The Kier molecular flexibility index (Phi) is 6.81. The first kappa shape index (κ1) is 15.9. The summed E-state index contributed by atoms with van der Waals surface area (Å²) >= 11 is 0. The Balaban J connectivity index is 3.05. The lowest BCUT2D eigenvalue weighted by molar-refractivity contribution is 0.203. The molecule has 1 heterocycles. The zero-order valence-corrected chi connectivity index (χ0v) is 12.6. The first-order valence-electron chi connectivity index (χ1n) is 7.11. The number of rotatable bonds is 8. The van der Waals surface area contributed by atoms with Crippen molar-refractivity contribution in [3.05, 3.63) is 23.4 Å². The third kappa shape index (κ3) is 4.48. The molecule has 0 aromatic carbocycles. The molecule has 0 spiro atoms. The molecule has 0 aliphatic rings. The van der Waals surface area contributed by atoms with E-state index in [1.54, 1.807) is 7.11 Å². The summed E-state index contributed by atoms with van der Waals surface area (Å²) in [5.41, 5.74) is 8.03. The maximum absolute atomic E-state index is 5.78. The second-order valence-corrected chi connectivity index (χ2v) is 4.83. The molecule has 0 aliphatic heterocycles. The minimum atomic E-state index is 0.445. The van der Waals surface area contributed by atoms with Crippen molar-refractivity contribution in [3.8, 4) is 0 Å². The van der Waals surface area contributed by atoms with Crippen LogP contribution >= 0.6 is 0 Å². The van der Waals surface area contributed by atoms with Gasteiger partial charge in [0.25, 0.3) is 0 Å². The first-order chi connectivity index (χ1) is 9.15. The summed E-state index contributed by atoms with van der Waals surface area (Å²) in [6, 6.07) is 4.63. The Morgan fingerprint density at radius 2 is 2.11 bits per heavy atom. The van der Waals surface area contributed by atoms with E-state index in [2.05, 4.69) is 37.8 Å². The molecule has 0 aliphatic carbocycles. The van der Waals surface area contributed by atoms with Crippen LogP contribution in [0.2, 0.25) is 0 Å². The van der Waals surface area contributed by atoms with Crippen molar-refractivity contribution in [1.29, 1.82) is 0 Å². The van der Waals surface area contributed by atoms with Gasteiger partial charge in [-0.05, 0) is 37.5 Å². The molecule has 0 amide bonds. The molecule has 1 aromatic rings. The summed E-state index contributed by atoms with van der Waals surface area (Å²) in [4.78, 5) is 7.04. The van der Waals surface area contributed by atoms with Crippen molar-refractivity contribution in [1.82, 2.24) is 4.98 Å². The van der Waals surface area contributed by atoms with Gasteiger partial charge in [-0.3, -0.25) is 0 Å². The molecular weight excluding hydrogens is 238 g/mol. The van der Waals surface area contributed by atoms with Crippen LogP contribution in [0.15, 0.2) is 12.1 Å². The monoisotopic (exact) mass is 265 g/mol. The van der Waals surface area contributed by atoms with E-state index < -0.39 is 0 Å². The van der Waals surface area contributed by atoms with Crippen molar-refractivity contribution in [3.63, 3.8) is 0 Å². The van der Waals surface area contributed by atoms with Gasteiger partial charge >= 0.3 is 0 Å². The van der Waals surface area contributed by atoms with Crippen molar-refractivity contribution in [2.45, 2.75) is 46.2 Å². The zero-order valence-electron chi connectivity index (χ0n) is 12.6. The number of nitrogens with zero attached hydrogens (tertiary/aromatic N) is 2. The van der Waals surface area contributed by atoms with Crippen LogP contribution in [0, 0.1) is 0 Å². The number of methoxy groups -OCH3 is 1. The highest BCUT2D eigenvalue weighted by Gasteiger charge is 2.15. The fourth-order valence-corrected chi connectivity index (χ4v) is 2.05. The predicted octanol–water partition coefficient (Wildman–Crippen LogP) is 2.35. The molecule has 0 bridgehead atoms. The molecule has 0 radical (unpaired) electrons. The molecule has 1 atom stereocenters. The van der Waals surface area contributed by atoms with Gasteiger partial charge in [-0.25, -0.2) is 4.98 Å². The lowest BCUT2D eigenvalue weighted by Gasteiger charge is -2.30. The predicted molar refractivity (Wildman–Crippen MR) is 80.5 cm³/mol. The number of hydrogen-bond donors (Lipinski definition) is 1. The smallest absolute Gasteiger partial charge is 0.129 e. The molecule has 19 heavy (non-hydrogen) atoms. The van der Waals surface area contributed by atoms with E-state index in [9.17, 15) is 0 Å². The highest BCUT2D eigenvalue weighted by molar-refractivity contribution is 5.44. The number of ether oxygens (including phenoxy) is 1. The van der Waals surface area contributed by atoms with Gasteiger partial charge in [0.1, 0.15) is 5.82 Å². The second-order valence-electron chi connectivity index (χ2n) is 4.83. The lowest BCUT2D eigenvalue weighted by Crippen LogP contribution is -2.36. The Labute approximate surface area is 117 Å². The van der Waals surface area contributed by atoms with Crippen LogP contribution in [-0.4, -0.2) is 31.3 Å². The number of anilines is 1. The van der Waals surface area contributed by atoms with Gasteiger partial charge in [0.15, 0.2) is 0 Å². The fraction of sp³-hybridized carbons (Fsp3) is 0.667. The molecule has 0 saturated heterocycles. The summed E-state index contributed by atoms with van der Waals surface area (Å²) in [5, 5.41) is 0. The molecule has 1 rings (SSSR count). The normalized spacial score (nSPS) is 12.5. The van der Waals surface area contributed by atoms with Crippen LogP contribution < -0.4 is 10.6 Å². The van der Waals surface area contributed by atoms with Gasteiger partial charge < -0.3 is 15.4 Å². The van der Waals surface area contributed by atoms with E-state index >= 15 is 0 Å². The minimum absolute atomic E-state index is 0.445. The summed E-state index contributed by atoms with van der Waals surface area (Å²) in [7, 11) is 1.73. The summed E-state index contributed by atoms with van der Waals surface area (Å²) in [5.74, 6) is 1.02. The molecule has 0 saturated carbocycles. The molecule has 108 valence electrons. The molecule has 4 nitrogen and oxygen atoms in total. The lowest BCUT2D eigenvalue weighted by atomic mass is 10.1. The molecular formula is C15H27N3O. The minimum Gasteiger partial charge on any atom is -0.383 e.